The molecule has 1 saturated carbocycles. The van der Waals surface area contributed by atoms with E-state index in [0.29, 0.717) is 22.8 Å². The van der Waals surface area contributed by atoms with Crippen molar-refractivity contribution in [2.45, 2.75) is 25.3 Å². The maximum Gasteiger partial charge on any atom is 0.313 e. The van der Waals surface area contributed by atoms with Crippen LogP contribution in [0.2, 0.25) is 5.02 Å². The first-order chi connectivity index (χ1) is 9.65. The van der Waals surface area contributed by atoms with Gasteiger partial charge in [0.15, 0.2) is 0 Å². The molecule has 2 heterocycles. The Morgan fingerprint density at radius 1 is 1.50 bits per heavy atom. The van der Waals surface area contributed by atoms with Crippen LogP contribution in [0.3, 0.4) is 0 Å². The summed E-state index contributed by atoms with van der Waals surface area (Å²) in [7, 11) is 0. The Hall–Kier alpha value is -1.40. The molecule has 20 heavy (non-hydrogen) atoms. The maximum absolute atomic E-state index is 11.2. The first kappa shape index (κ1) is 13.6. The number of ether oxygens (including phenoxy) is 1. The molecular weight excluding hydrogens is 282 g/mol. The Morgan fingerprint density at radius 3 is 2.90 bits per heavy atom. The Kier molecular flexibility index (Phi) is 3.76. The van der Waals surface area contributed by atoms with E-state index in [2.05, 4.69) is 9.88 Å². The molecule has 1 aliphatic carbocycles. The summed E-state index contributed by atoms with van der Waals surface area (Å²) in [6, 6.07) is 1.74. The fourth-order valence-corrected chi connectivity index (χ4v) is 2.73. The highest BCUT2D eigenvalue weighted by Crippen LogP contribution is 2.37. The van der Waals surface area contributed by atoms with Gasteiger partial charge < -0.3 is 9.64 Å². The van der Waals surface area contributed by atoms with Gasteiger partial charge in [0.05, 0.1) is 16.6 Å². The summed E-state index contributed by atoms with van der Waals surface area (Å²) in [4.78, 5) is 17.1. The molecule has 1 atom stereocenters. The van der Waals surface area contributed by atoms with E-state index in [1.807, 2.05) is 0 Å². The average molecular weight is 298 g/mol. The highest BCUT2D eigenvalue weighted by molar-refractivity contribution is 6.30. The fraction of sp³-hybridized carbons (Fsp3) is 0.615. The van der Waals surface area contributed by atoms with E-state index in [1.54, 1.807) is 0 Å². The molecule has 6 nitrogen and oxygen atoms in total. The summed E-state index contributed by atoms with van der Waals surface area (Å²) in [5.41, 5.74) is -0.0108. The molecule has 0 radical (unpaired) electrons. The fourth-order valence-electron chi connectivity index (χ4n) is 2.58. The molecule has 1 saturated heterocycles. The van der Waals surface area contributed by atoms with Gasteiger partial charge in [-0.1, -0.05) is 11.6 Å². The van der Waals surface area contributed by atoms with Crippen molar-refractivity contribution in [3.05, 3.63) is 27.4 Å². The Labute approximate surface area is 121 Å². The van der Waals surface area contributed by atoms with E-state index >= 15 is 0 Å². The van der Waals surface area contributed by atoms with Gasteiger partial charge in [0, 0.05) is 37.4 Å². The standard InChI is InChI=1S/C13H16ClN3O3/c14-10-5-12(17(18)19)13(15-6-10)16(11-1-2-11)7-9-3-4-20-8-9/h5-6,9,11H,1-4,7-8H2/t9-/m0/s1. The number of hydrogen-bond acceptors (Lipinski definition) is 5. The van der Waals surface area contributed by atoms with Crippen LogP contribution < -0.4 is 4.90 Å². The molecule has 1 aromatic heterocycles. The van der Waals surface area contributed by atoms with Gasteiger partial charge >= 0.3 is 5.69 Å². The minimum absolute atomic E-state index is 0.0108. The first-order valence-corrected chi connectivity index (χ1v) is 7.17. The summed E-state index contributed by atoms with van der Waals surface area (Å²) in [6.45, 7) is 2.27. The zero-order valence-electron chi connectivity index (χ0n) is 11.0. The number of nitro groups is 1. The van der Waals surface area contributed by atoms with Crippen LogP contribution in [0.5, 0.6) is 0 Å². The first-order valence-electron chi connectivity index (χ1n) is 6.79. The quantitative estimate of drug-likeness (QED) is 0.617. The predicted octanol–water partition coefficient (Wildman–Crippen LogP) is 2.65. The number of anilines is 1. The molecule has 1 aromatic rings. The number of aromatic nitrogens is 1. The summed E-state index contributed by atoms with van der Waals surface area (Å²) < 4.78 is 5.39. The Balaban J connectivity index is 1.88. The molecule has 0 aromatic carbocycles. The van der Waals surface area contributed by atoms with E-state index in [0.717, 1.165) is 39.0 Å². The number of rotatable bonds is 5. The van der Waals surface area contributed by atoms with Gasteiger partial charge in [-0.05, 0) is 19.3 Å². The van der Waals surface area contributed by atoms with Gasteiger partial charge in [0.2, 0.25) is 5.82 Å². The largest absolute Gasteiger partial charge is 0.381 e. The van der Waals surface area contributed by atoms with Crippen LogP contribution in [0.15, 0.2) is 12.3 Å². The molecule has 108 valence electrons. The van der Waals surface area contributed by atoms with Gasteiger partial charge in [-0.3, -0.25) is 10.1 Å². The van der Waals surface area contributed by atoms with E-state index < -0.39 is 4.92 Å². The lowest BCUT2D eigenvalue weighted by Crippen LogP contribution is -2.33. The highest BCUT2D eigenvalue weighted by Gasteiger charge is 2.36. The van der Waals surface area contributed by atoms with E-state index in [4.69, 9.17) is 16.3 Å². The van der Waals surface area contributed by atoms with Crippen LogP contribution in [0.25, 0.3) is 0 Å². The third-order valence-corrected chi connectivity index (χ3v) is 3.96. The Morgan fingerprint density at radius 2 is 2.30 bits per heavy atom. The minimum Gasteiger partial charge on any atom is -0.381 e. The number of halogens is 1. The van der Waals surface area contributed by atoms with Crippen LogP contribution in [0, 0.1) is 16.0 Å². The van der Waals surface area contributed by atoms with Crippen molar-refractivity contribution in [3.63, 3.8) is 0 Å². The second-order valence-corrected chi connectivity index (χ2v) is 5.80. The van der Waals surface area contributed by atoms with Crippen molar-refractivity contribution in [2.24, 2.45) is 5.92 Å². The van der Waals surface area contributed by atoms with Crippen LogP contribution in [-0.4, -0.2) is 35.7 Å². The summed E-state index contributed by atoms with van der Waals surface area (Å²) in [5, 5.41) is 11.5. The van der Waals surface area contributed by atoms with Crippen molar-refractivity contribution in [1.29, 1.82) is 0 Å². The lowest BCUT2D eigenvalue weighted by atomic mass is 10.1. The van der Waals surface area contributed by atoms with Gasteiger partial charge in [-0.25, -0.2) is 4.98 Å². The number of nitrogens with zero attached hydrogens (tertiary/aromatic N) is 3. The number of hydrogen-bond donors (Lipinski definition) is 0. The highest BCUT2D eigenvalue weighted by atomic mass is 35.5. The SMILES string of the molecule is O=[N+]([O-])c1cc(Cl)cnc1N(C[C@@H]1CCOC1)C1CC1. The third-order valence-electron chi connectivity index (χ3n) is 3.75. The molecule has 7 heteroatoms. The molecule has 0 amide bonds. The van der Waals surface area contributed by atoms with Gasteiger partial charge in [-0.2, -0.15) is 0 Å². The predicted molar refractivity (Wildman–Crippen MR) is 75.2 cm³/mol. The summed E-state index contributed by atoms with van der Waals surface area (Å²) in [5.74, 6) is 0.862. The van der Waals surface area contributed by atoms with Gasteiger partial charge in [0.25, 0.3) is 0 Å². The van der Waals surface area contributed by atoms with E-state index in [1.165, 1.54) is 12.3 Å². The topological polar surface area (TPSA) is 68.5 Å². The van der Waals surface area contributed by atoms with Crippen LogP contribution in [0.4, 0.5) is 11.5 Å². The van der Waals surface area contributed by atoms with Crippen molar-refractivity contribution >= 4 is 23.1 Å². The minimum atomic E-state index is -0.408. The second-order valence-electron chi connectivity index (χ2n) is 5.37. The maximum atomic E-state index is 11.2. The van der Waals surface area contributed by atoms with Crippen LogP contribution in [-0.2, 0) is 4.74 Å². The smallest absolute Gasteiger partial charge is 0.313 e. The van der Waals surface area contributed by atoms with E-state index in [-0.39, 0.29) is 5.69 Å². The zero-order chi connectivity index (χ0) is 14.1. The molecule has 2 aliphatic rings. The van der Waals surface area contributed by atoms with Crippen LogP contribution in [0.1, 0.15) is 19.3 Å². The van der Waals surface area contributed by atoms with Gasteiger partial charge in [0.1, 0.15) is 0 Å². The molecule has 0 spiro atoms. The van der Waals surface area contributed by atoms with Crippen LogP contribution >= 0.6 is 11.6 Å². The molecule has 3 rings (SSSR count). The average Bonchev–Trinajstić information content (AvgIpc) is 3.13. The monoisotopic (exact) mass is 297 g/mol. The number of pyridine rings is 1. The van der Waals surface area contributed by atoms with Crippen molar-refractivity contribution in [3.8, 4) is 0 Å². The summed E-state index contributed by atoms with van der Waals surface area (Å²) in [6.07, 6.45) is 4.61. The zero-order valence-corrected chi connectivity index (χ0v) is 11.8. The lowest BCUT2D eigenvalue weighted by molar-refractivity contribution is -0.384. The van der Waals surface area contributed by atoms with Crippen molar-refractivity contribution < 1.29 is 9.66 Å². The normalized spacial score (nSPS) is 21.9. The molecular formula is C13H16ClN3O3. The molecule has 2 fully saturated rings. The molecule has 0 N–H and O–H groups in total. The van der Waals surface area contributed by atoms with Crippen molar-refractivity contribution in [1.82, 2.24) is 4.98 Å². The molecule has 0 unspecified atom stereocenters. The Bertz CT molecular complexity index is 516. The van der Waals surface area contributed by atoms with E-state index in [9.17, 15) is 10.1 Å². The molecule has 0 bridgehead atoms. The lowest BCUT2D eigenvalue weighted by Gasteiger charge is -2.25. The second kappa shape index (κ2) is 5.54. The third kappa shape index (κ3) is 2.86. The molecule has 1 aliphatic heterocycles. The van der Waals surface area contributed by atoms with Gasteiger partial charge in [-0.15, -0.1) is 0 Å². The summed E-state index contributed by atoms with van der Waals surface area (Å²) >= 11 is 5.83. The van der Waals surface area contributed by atoms with Crippen molar-refractivity contribution in [2.75, 3.05) is 24.7 Å².